The van der Waals surface area contributed by atoms with Crippen LogP contribution in [0.5, 0.6) is 0 Å². The summed E-state index contributed by atoms with van der Waals surface area (Å²) < 4.78 is 19.4. The highest BCUT2D eigenvalue weighted by Crippen LogP contribution is 2.28. The highest BCUT2D eigenvalue weighted by molar-refractivity contribution is 6.35. The molecule has 0 aliphatic carbocycles. The zero-order valence-electron chi connectivity index (χ0n) is 15.4. The van der Waals surface area contributed by atoms with Gasteiger partial charge in [0.1, 0.15) is 5.82 Å². The van der Waals surface area contributed by atoms with Gasteiger partial charge in [0.05, 0.1) is 17.3 Å². The molecule has 1 N–H and O–H groups in total. The summed E-state index contributed by atoms with van der Waals surface area (Å²) in [5.41, 5.74) is 2.56. The Morgan fingerprint density at radius 3 is 2.64 bits per heavy atom. The molecule has 3 aromatic rings. The summed E-state index contributed by atoms with van der Waals surface area (Å²) in [6.45, 7) is 3.74. The summed E-state index contributed by atoms with van der Waals surface area (Å²) in [6, 6.07) is 10.0. The van der Waals surface area contributed by atoms with Crippen LogP contribution in [0.1, 0.15) is 36.4 Å². The van der Waals surface area contributed by atoms with E-state index in [4.69, 9.17) is 27.6 Å². The zero-order chi connectivity index (χ0) is 20.3. The van der Waals surface area contributed by atoms with Crippen molar-refractivity contribution in [3.63, 3.8) is 0 Å². The van der Waals surface area contributed by atoms with Crippen molar-refractivity contribution in [2.45, 2.75) is 32.7 Å². The van der Waals surface area contributed by atoms with Gasteiger partial charge < -0.3 is 9.73 Å². The highest BCUT2D eigenvalue weighted by atomic mass is 35.5. The number of nitrogens with one attached hydrogen (secondary N) is 1. The minimum atomic E-state index is -0.578. The number of benzene rings is 2. The van der Waals surface area contributed by atoms with E-state index in [9.17, 15) is 9.18 Å². The van der Waals surface area contributed by atoms with Gasteiger partial charge in [0.15, 0.2) is 11.7 Å². The number of amides is 1. The minimum Gasteiger partial charge on any atom is -0.441 e. The molecule has 146 valence electrons. The third-order valence-corrected chi connectivity index (χ3v) is 4.96. The van der Waals surface area contributed by atoms with Gasteiger partial charge in [-0.05, 0) is 31.5 Å². The number of nitrogens with zero attached hydrogens (tertiary/aromatic N) is 1. The van der Waals surface area contributed by atoms with Gasteiger partial charge >= 0.3 is 0 Å². The first-order valence-electron chi connectivity index (χ1n) is 8.79. The fourth-order valence-corrected chi connectivity index (χ4v) is 3.31. The first-order valence-corrected chi connectivity index (χ1v) is 9.54. The van der Waals surface area contributed by atoms with Crippen molar-refractivity contribution in [1.29, 1.82) is 0 Å². The molecule has 7 heteroatoms. The lowest BCUT2D eigenvalue weighted by atomic mass is 10.1. The Morgan fingerprint density at radius 1 is 1.21 bits per heavy atom. The number of carbonyl (C=O) groups excluding carboxylic acids is 1. The lowest BCUT2D eigenvalue weighted by Gasteiger charge is -2.16. The summed E-state index contributed by atoms with van der Waals surface area (Å²) in [7, 11) is 0. The van der Waals surface area contributed by atoms with Crippen molar-refractivity contribution < 1.29 is 13.6 Å². The van der Waals surface area contributed by atoms with Gasteiger partial charge in [-0.3, -0.25) is 4.79 Å². The average Bonchev–Trinajstić information content (AvgIpc) is 3.12. The predicted octanol–water partition coefficient (Wildman–Crippen LogP) is 5.91. The minimum absolute atomic E-state index is 0.0550. The lowest BCUT2D eigenvalue weighted by Crippen LogP contribution is -2.27. The number of hydrogen-bond donors (Lipinski definition) is 1. The van der Waals surface area contributed by atoms with Crippen LogP contribution in [0.3, 0.4) is 0 Å². The zero-order valence-corrected chi connectivity index (χ0v) is 16.9. The van der Waals surface area contributed by atoms with Crippen LogP contribution < -0.4 is 5.32 Å². The second kappa shape index (κ2) is 8.76. The van der Waals surface area contributed by atoms with E-state index < -0.39 is 11.9 Å². The number of rotatable bonds is 6. The molecule has 0 fully saturated rings. The van der Waals surface area contributed by atoms with Crippen molar-refractivity contribution in [2.24, 2.45) is 0 Å². The van der Waals surface area contributed by atoms with Gasteiger partial charge in [0.2, 0.25) is 5.91 Å². The number of aryl methyl sites for hydroxylation is 2. The SMILES string of the molecule is Cc1ccc(-c2cnc(CCC(=O)N[C@H](C)c3cc(F)c(Cl)cc3Cl)o2)cc1. The maximum atomic E-state index is 13.7. The van der Waals surface area contributed by atoms with Crippen LogP contribution in [-0.2, 0) is 11.2 Å². The molecule has 0 unspecified atom stereocenters. The van der Waals surface area contributed by atoms with Crippen LogP contribution in [0.25, 0.3) is 11.3 Å². The Kier molecular flexibility index (Phi) is 6.37. The Balaban J connectivity index is 1.57. The third kappa shape index (κ3) is 4.91. The van der Waals surface area contributed by atoms with Crippen LogP contribution in [0.15, 0.2) is 47.0 Å². The Labute approximate surface area is 172 Å². The fraction of sp³-hybridized carbons (Fsp3) is 0.238. The van der Waals surface area contributed by atoms with Gasteiger partial charge in [-0.1, -0.05) is 53.0 Å². The van der Waals surface area contributed by atoms with E-state index in [2.05, 4.69) is 10.3 Å². The molecule has 28 heavy (non-hydrogen) atoms. The van der Waals surface area contributed by atoms with E-state index in [-0.39, 0.29) is 17.4 Å². The molecule has 1 heterocycles. The number of halogens is 3. The summed E-state index contributed by atoms with van der Waals surface area (Å²) in [5, 5.41) is 3.04. The fourth-order valence-electron chi connectivity index (χ4n) is 2.76. The van der Waals surface area contributed by atoms with Crippen molar-refractivity contribution in [2.75, 3.05) is 0 Å². The standard InChI is InChI=1S/C21H19Cl2FN2O2/c1-12-3-5-14(6-4-12)19-11-25-21(28-19)8-7-20(27)26-13(2)15-9-18(24)17(23)10-16(15)22/h3-6,9-11,13H,7-8H2,1-2H3,(H,26,27)/t13-/m1/s1. The molecule has 0 saturated heterocycles. The molecule has 0 saturated carbocycles. The van der Waals surface area contributed by atoms with Crippen molar-refractivity contribution >= 4 is 29.1 Å². The van der Waals surface area contributed by atoms with Crippen molar-refractivity contribution in [3.05, 3.63) is 75.5 Å². The Hall–Kier alpha value is -2.37. The Morgan fingerprint density at radius 2 is 1.93 bits per heavy atom. The second-order valence-corrected chi connectivity index (χ2v) is 7.38. The normalized spacial score (nSPS) is 12.0. The van der Waals surface area contributed by atoms with Crippen molar-refractivity contribution in [3.8, 4) is 11.3 Å². The average molecular weight is 421 g/mol. The van der Waals surface area contributed by atoms with Crippen LogP contribution in [-0.4, -0.2) is 10.9 Å². The van der Waals surface area contributed by atoms with E-state index >= 15 is 0 Å². The molecule has 0 spiro atoms. The molecule has 1 aromatic heterocycles. The first-order chi connectivity index (χ1) is 13.3. The largest absolute Gasteiger partial charge is 0.441 e. The molecule has 0 radical (unpaired) electrons. The van der Waals surface area contributed by atoms with Crippen LogP contribution >= 0.6 is 23.2 Å². The van der Waals surface area contributed by atoms with Gasteiger partial charge in [-0.15, -0.1) is 0 Å². The quantitative estimate of drug-likeness (QED) is 0.504. The molecule has 3 rings (SSSR count). The van der Waals surface area contributed by atoms with Crippen molar-refractivity contribution in [1.82, 2.24) is 10.3 Å². The number of oxazole rings is 1. The first kappa shape index (κ1) is 20.4. The number of hydrogen-bond acceptors (Lipinski definition) is 3. The molecule has 1 atom stereocenters. The summed E-state index contributed by atoms with van der Waals surface area (Å²) in [5.74, 6) is 0.348. The van der Waals surface area contributed by atoms with Gasteiger partial charge in [0.25, 0.3) is 0 Å². The van der Waals surface area contributed by atoms with Crippen LogP contribution in [0, 0.1) is 12.7 Å². The molecule has 1 amide bonds. The molecule has 0 aliphatic heterocycles. The highest BCUT2D eigenvalue weighted by Gasteiger charge is 2.16. The lowest BCUT2D eigenvalue weighted by molar-refractivity contribution is -0.121. The maximum absolute atomic E-state index is 13.7. The predicted molar refractivity (Wildman–Crippen MR) is 108 cm³/mol. The third-order valence-electron chi connectivity index (χ3n) is 4.34. The van der Waals surface area contributed by atoms with Gasteiger partial charge in [-0.2, -0.15) is 0 Å². The molecule has 4 nitrogen and oxygen atoms in total. The van der Waals surface area contributed by atoms with E-state index in [0.717, 1.165) is 11.1 Å². The molecule has 0 bridgehead atoms. The Bertz CT molecular complexity index is 987. The smallest absolute Gasteiger partial charge is 0.220 e. The van der Waals surface area contributed by atoms with Gasteiger partial charge in [0, 0.05) is 23.4 Å². The van der Waals surface area contributed by atoms with Crippen LogP contribution in [0.2, 0.25) is 10.0 Å². The summed E-state index contributed by atoms with van der Waals surface area (Å²) in [4.78, 5) is 16.5. The van der Waals surface area contributed by atoms with E-state index in [1.165, 1.54) is 12.1 Å². The van der Waals surface area contributed by atoms with E-state index in [1.807, 2.05) is 31.2 Å². The van der Waals surface area contributed by atoms with Gasteiger partial charge in [-0.25, -0.2) is 9.37 Å². The summed E-state index contributed by atoms with van der Waals surface area (Å²) in [6.07, 6.45) is 2.19. The maximum Gasteiger partial charge on any atom is 0.220 e. The summed E-state index contributed by atoms with van der Waals surface area (Å²) >= 11 is 11.8. The topological polar surface area (TPSA) is 55.1 Å². The molecular weight excluding hydrogens is 402 g/mol. The second-order valence-electron chi connectivity index (χ2n) is 6.56. The molecule has 0 aliphatic rings. The van der Waals surface area contributed by atoms with E-state index in [1.54, 1.807) is 13.1 Å². The number of carbonyl (C=O) groups is 1. The molecular formula is C21H19Cl2FN2O2. The monoisotopic (exact) mass is 420 g/mol. The van der Waals surface area contributed by atoms with Crippen LogP contribution in [0.4, 0.5) is 4.39 Å². The van der Waals surface area contributed by atoms with E-state index in [0.29, 0.717) is 28.7 Å². The molecule has 2 aromatic carbocycles. The number of aromatic nitrogens is 1.